The van der Waals surface area contributed by atoms with E-state index in [0.29, 0.717) is 6.61 Å². The fraction of sp³-hybridized carbons (Fsp3) is 0.500. The van der Waals surface area contributed by atoms with E-state index < -0.39 is 0 Å². The number of carbonyl (C=O) groups is 1. The van der Waals surface area contributed by atoms with Crippen molar-refractivity contribution in [1.82, 2.24) is 5.32 Å². The van der Waals surface area contributed by atoms with Crippen molar-refractivity contribution in [2.45, 2.75) is 32.4 Å². The molecule has 0 aliphatic carbocycles. The predicted octanol–water partition coefficient (Wildman–Crippen LogP) is 2.37. The van der Waals surface area contributed by atoms with Gasteiger partial charge in [-0.05, 0) is 43.5 Å². The number of nitrogens with zero attached hydrogens (tertiary/aromatic N) is 1. The first-order valence-electron chi connectivity index (χ1n) is 6.41. The van der Waals surface area contributed by atoms with E-state index in [1.165, 1.54) is 11.1 Å². The molecule has 0 aromatic heterocycles. The van der Waals surface area contributed by atoms with Crippen molar-refractivity contribution < 1.29 is 9.53 Å². The number of benzene rings is 1. The van der Waals surface area contributed by atoms with Crippen molar-refractivity contribution in [2.24, 2.45) is 0 Å². The molecule has 0 bridgehead atoms. The largest absolute Gasteiger partial charge is 0.449 e. The minimum atomic E-state index is -0.230. The highest BCUT2D eigenvalue weighted by molar-refractivity contribution is 5.88. The molecular weight excluding hydrogens is 228 g/mol. The number of carbonyl (C=O) groups excluding carboxylic acids is 1. The second kappa shape index (κ2) is 3.99. The van der Waals surface area contributed by atoms with Crippen LogP contribution in [0, 0.1) is 0 Å². The van der Waals surface area contributed by atoms with Gasteiger partial charge in [0.15, 0.2) is 0 Å². The van der Waals surface area contributed by atoms with Crippen molar-refractivity contribution in [1.29, 1.82) is 0 Å². The molecule has 1 aromatic rings. The quantitative estimate of drug-likeness (QED) is 0.827. The SMILES string of the molecule is CC1(C)NCc2cc(N3CCCOC3=O)ccc21. The summed E-state index contributed by atoms with van der Waals surface area (Å²) in [5, 5.41) is 3.47. The molecule has 96 valence electrons. The minimum absolute atomic E-state index is 0.0241. The third-order valence-electron chi connectivity index (χ3n) is 3.77. The van der Waals surface area contributed by atoms with Crippen LogP contribution in [0.1, 0.15) is 31.4 Å². The lowest BCUT2D eigenvalue weighted by atomic mass is 9.94. The molecule has 1 saturated heterocycles. The van der Waals surface area contributed by atoms with E-state index in [4.69, 9.17) is 4.74 Å². The molecule has 1 fully saturated rings. The maximum absolute atomic E-state index is 11.7. The molecule has 1 amide bonds. The number of nitrogens with one attached hydrogen (secondary N) is 1. The highest BCUT2D eigenvalue weighted by Gasteiger charge is 2.30. The van der Waals surface area contributed by atoms with Crippen molar-refractivity contribution >= 4 is 11.8 Å². The molecule has 0 radical (unpaired) electrons. The second-order valence-electron chi connectivity index (χ2n) is 5.44. The average Bonchev–Trinajstić information content (AvgIpc) is 2.66. The van der Waals surface area contributed by atoms with Crippen LogP contribution in [0.4, 0.5) is 10.5 Å². The number of cyclic esters (lactones) is 1. The van der Waals surface area contributed by atoms with Gasteiger partial charge < -0.3 is 10.1 Å². The van der Waals surface area contributed by atoms with Gasteiger partial charge in [0, 0.05) is 24.3 Å². The third kappa shape index (κ3) is 1.77. The molecule has 2 aliphatic rings. The van der Waals surface area contributed by atoms with E-state index in [9.17, 15) is 4.79 Å². The number of amides is 1. The summed E-state index contributed by atoms with van der Waals surface area (Å²) in [6.07, 6.45) is 0.665. The van der Waals surface area contributed by atoms with Crippen LogP contribution >= 0.6 is 0 Å². The first kappa shape index (κ1) is 11.5. The van der Waals surface area contributed by atoms with Gasteiger partial charge in [0.2, 0.25) is 0 Å². The van der Waals surface area contributed by atoms with Crippen LogP contribution in [-0.4, -0.2) is 19.2 Å². The van der Waals surface area contributed by atoms with Gasteiger partial charge in [-0.3, -0.25) is 4.90 Å². The Kier molecular flexibility index (Phi) is 2.55. The molecule has 4 heteroatoms. The topological polar surface area (TPSA) is 41.6 Å². The van der Waals surface area contributed by atoms with Gasteiger partial charge in [0.25, 0.3) is 0 Å². The summed E-state index contributed by atoms with van der Waals surface area (Å²) in [6.45, 7) is 6.49. The number of ether oxygens (including phenoxy) is 1. The number of rotatable bonds is 1. The summed E-state index contributed by atoms with van der Waals surface area (Å²) >= 11 is 0. The third-order valence-corrected chi connectivity index (χ3v) is 3.77. The van der Waals surface area contributed by atoms with E-state index in [1.807, 2.05) is 6.07 Å². The van der Waals surface area contributed by atoms with E-state index in [-0.39, 0.29) is 11.6 Å². The van der Waals surface area contributed by atoms with E-state index >= 15 is 0 Å². The van der Waals surface area contributed by atoms with Crippen molar-refractivity contribution in [2.75, 3.05) is 18.1 Å². The fourth-order valence-corrected chi connectivity index (χ4v) is 2.70. The van der Waals surface area contributed by atoms with E-state index in [0.717, 1.165) is 25.2 Å². The Bertz CT molecular complexity index is 497. The van der Waals surface area contributed by atoms with Crippen LogP contribution in [0.5, 0.6) is 0 Å². The molecule has 0 saturated carbocycles. The average molecular weight is 246 g/mol. The second-order valence-corrected chi connectivity index (χ2v) is 5.44. The number of hydrogen-bond acceptors (Lipinski definition) is 3. The Labute approximate surface area is 107 Å². The Balaban J connectivity index is 1.94. The first-order valence-corrected chi connectivity index (χ1v) is 6.41. The standard InChI is InChI=1S/C14H18N2O2/c1-14(2)12-5-4-11(8-10(12)9-15-14)16-6-3-7-18-13(16)17/h4-5,8,15H,3,6-7,9H2,1-2H3. The summed E-state index contributed by atoms with van der Waals surface area (Å²) in [5.74, 6) is 0. The highest BCUT2D eigenvalue weighted by atomic mass is 16.6. The highest BCUT2D eigenvalue weighted by Crippen LogP contribution is 2.33. The summed E-state index contributed by atoms with van der Waals surface area (Å²) in [4.78, 5) is 13.4. The minimum Gasteiger partial charge on any atom is -0.449 e. The first-order chi connectivity index (χ1) is 8.58. The Morgan fingerprint density at radius 2 is 2.22 bits per heavy atom. The van der Waals surface area contributed by atoms with E-state index in [1.54, 1.807) is 4.90 Å². The maximum atomic E-state index is 11.7. The molecule has 0 spiro atoms. The molecule has 18 heavy (non-hydrogen) atoms. The maximum Gasteiger partial charge on any atom is 0.414 e. The molecular formula is C14H18N2O2. The van der Waals surface area contributed by atoms with Gasteiger partial charge in [0.05, 0.1) is 6.61 Å². The van der Waals surface area contributed by atoms with Gasteiger partial charge in [-0.15, -0.1) is 0 Å². The van der Waals surface area contributed by atoms with Crippen molar-refractivity contribution in [3.05, 3.63) is 29.3 Å². The molecule has 2 heterocycles. The zero-order chi connectivity index (χ0) is 12.8. The van der Waals surface area contributed by atoms with Crippen molar-refractivity contribution in [3.63, 3.8) is 0 Å². The van der Waals surface area contributed by atoms with Crippen LogP contribution < -0.4 is 10.2 Å². The Hall–Kier alpha value is -1.55. The van der Waals surface area contributed by atoms with Gasteiger partial charge in [-0.1, -0.05) is 6.07 Å². The van der Waals surface area contributed by atoms with Gasteiger partial charge in [0.1, 0.15) is 0 Å². The lowest BCUT2D eigenvalue weighted by Gasteiger charge is -2.27. The zero-order valence-corrected chi connectivity index (χ0v) is 10.8. The lowest BCUT2D eigenvalue weighted by Crippen LogP contribution is -2.37. The summed E-state index contributed by atoms with van der Waals surface area (Å²) in [7, 11) is 0. The fourth-order valence-electron chi connectivity index (χ4n) is 2.70. The molecule has 1 aromatic carbocycles. The number of hydrogen-bond donors (Lipinski definition) is 1. The van der Waals surface area contributed by atoms with Crippen LogP contribution in [-0.2, 0) is 16.8 Å². The summed E-state index contributed by atoms with van der Waals surface area (Å²) < 4.78 is 5.08. The molecule has 0 atom stereocenters. The smallest absolute Gasteiger partial charge is 0.414 e. The normalized spacial score (nSPS) is 21.7. The monoisotopic (exact) mass is 246 g/mol. The Morgan fingerprint density at radius 3 is 3.00 bits per heavy atom. The predicted molar refractivity (Wildman–Crippen MR) is 69.6 cm³/mol. The lowest BCUT2D eigenvalue weighted by molar-refractivity contribution is 0.140. The zero-order valence-electron chi connectivity index (χ0n) is 10.8. The van der Waals surface area contributed by atoms with E-state index in [2.05, 4.69) is 31.3 Å². The summed E-state index contributed by atoms with van der Waals surface area (Å²) in [6, 6.07) is 6.23. The van der Waals surface area contributed by atoms with Crippen LogP contribution in [0.2, 0.25) is 0 Å². The molecule has 1 N–H and O–H groups in total. The molecule has 3 rings (SSSR count). The summed E-state index contributed by atoms with van der Waals surface area (Å²) in [5.41, 5.74) is 3.56. The molecule has 0 unspecified atom stereocenters. The van der Waals surface area contributed by atoms with Crippen LogP contribution in [0.3, 0.4) is 0 Å². The number of anilines is 1. The van der Waals surface area contributed by atoms with Gasteiger partial charge >= 0.3 is 6.09 Å². The van der Waals surface area contributed by atoms with Crippen molar-refractivity contribution in [3.8, 4) is 0 Å². The molecule has 4 nitrogen and oxygen atoms in total. The van der Waals surface area contributed by atoms with Gasteiger partial charge in [-0.25, -0.2) is 4.79 Å². The molecule has 2 aliphatic heterocycles. The van der Waals surface area contributed by atoms with Crippen LogP contribution in [0.15, 0.2) is 18.2 Å². The van der Waals surface area contributed by atoms with Crippen LogP contribution in [0.25, 0.3) is 0 Å². The van der Waals surface area contributed by atoms with Gasteiger partial charge in [-0.2, -0.15) is 0 Å². The Morgan fingerprint density at radius 1 is 1.39 bits per heavy atom. The number of fused-ring (bicyclic) bond motifs is 1.